The smallest absolute Gasteiger partial charge is 0.234 e. The number of hydrogen-bond acceptors (Lipinski definition) is 5. The van der Waals surface area contributed by atoms with Crippen LogP contribution in [0.15, 0.2) is 65.7 Å². The van der Waals surface area contributed by atoms with E-state index < -0.39 is 0 Å². The van der Waals surface area contributed by atoms with Crippen LogP contribution in [0.4, 0.5) is 5.69 Å². The van der Waals surface area contributed by atoms with Gasteiger partial charge < -0.3 is 5.32 Å². The molecule has 0 aliphatic rings. The maximum absolute atomic E-state index is 12.3. The number of rotatable bonds is 5. The van der Waals surface area contributed by atoms with Crippen LogP contribution in [-0.2, 0) is 4.79 Å². The van der Waals surface area contributed by atoms with Gasteiger partial charge in [-0.3, -0.25) is 4.79 Å². The molecule has 0 atom stereocenters. The topological polar surface area (TPSA) is 72.2 Å². The summed E-state index contributed by atoms with van der Waals surface area (Å²) < 4.78 is 1.71. The third kappa shape index (κ3) is 3.89. The number of aromatic nitrogens is 4. The lowest BCUT2D eigenvalue weighted by molar-refractivity contribution is -0.113. The summed E-state index contributed by atoms with van der Waals surface area (Å²) in [5.74, 6) is 0.889. The second-order valence-electron chi connectivity index (χ2n) is 6.48. The van der Waals surface area contributed by atoms with E-state index in [-0.39, 0.29) is 11.7 Å². The molecule has 0 bridgehead atoms. The van der Waals surface area contributed by atoms with Crippen molar-refractivity contribution in [2.45, 2.75) is 18.9 Å². The monoisotopic (exact) mass is 389 g/mol. The zero-order valence-electron chi connectivity index (χ0n) is 15.6. The molecule has 2 aromatic carbocycles. The highest BCUT2D eigenvalue weighted by molar-refractivity contribution is 7.99. The Balaban J connectivity index is 1.50. The molecule has 0 radical (unpaired) electrons. The van der Waals surface area contributed by atoms with Gasteiger partial charge in [0, 0.05) is 11.3 Å². The molecule has 0 spiro atoms. The molecule has 140 valence electrons. The second-order valence-corrected chi connectivity index (χ2v) is 7.48. The maximum atomic E-state index is 12.3. The Morgan fingerprint density at radius 3 is 2.57 bits per heavy atom. The van der Waals surface area contributed by atoms with Crippen LogP contribution in [0.5, 0.6) is 0 Å². The van der Waals surface area contributed by atoms with Crippen LogP contribution in [0.25, 0.3) is 17.0 Å². The van der Waals surface area contributed by atoms with Gasteiger partial charge in [0.2, 0.25) is 5.91 Å². The average Bonchev–Trinajstić information content (AvgIpc) is 3.12. The number of nitrogens with one attached hydrogen (secondary N) is 1. The Kier molecular flexibility index (Phi) is 5.08. The van der Waals surface area contributed by atoms with Crippen molar-refractivity contribution in [3.8, 4) is 11.4 Å². The van der Waals surface area contributed by atoms with Crippen molar-refractivity contribution < 1.29 is 4.79 Å². The van der Waals surface area contributed by atoms with Crippen LogP contribution in [0.3, 0.4) is 0 Å². The number of anilines is 1. The van der Waals surface area contributed by atoms with E-state index in [1.165, 1.54) is 17.3 Å². The molecule has 28 heavy (non-hydrogen) atoms. The van der Waals surface area contributed by atoms with E-state index in [2.05, 4.69) is 20.6 Å². The summed E-state index contributed by atoms with van der Waals surface area (Å²) in [6.07, 6.45) is 0. The van der Waals surface area contributed by atoms with Crippen LogP contribution < -0.4 is 5.32 Å². The van der Waals surface area contributed by atoms with Gasteiger partial charge in [-0.1, -0.05) is 59.8 Å². The molecule has 2 aromatic heterocycles. The molecule has 1 amide bonds. The minimum Gasteiger partial charge on any atom is -0.325 e. The Bertz CT molecular complexity index is 1140. The molecule has 7 heteroatoms. The number of para-hydroxylation sites is 1. The fourth-order valence-electron chi connectivity index (χ4n) is 2.77. The first-order valence-corrected chi connectivity index (χ1v) is 9.86. The minimum atomic E-state index is -0.0660. The van der Waals surface area contributed by atoms with Crippen molar-refractivity contribution in [3.63, 3.8) is 0 Å². The average molecular weight is 389 g/mol. The van der Waals surface area contributed by atoms with Crippen LogP contribution >= 0.6 is 11.8 Å². The predicted molar refractivity (Wildman–Crippen MR) is 111 cm³/mol. The van der Waals surface area contributed by atoms with Gasteiger partial charge in [-0.2, -0.15) is 9.61 Å². The van der Waals surface area contributed by atoms with Crippen LogP contribution in [0.2, 0.25) is 0 Å². The highest BCUT2D eigenvalue weighted by Gasteiger charge is 2.11. The highest BCUT2D eigenvalue weighted by atomic mass is 32.2. The molecular weight excluding hydrogens is 370 g/mol. The number of amides is 1. The summed E-state index contributed by atoms with van der Waals surface area (Å²) in [6.45, 7) is 4.01. The normalized spacial score (nSPS) is 10.9. The molecule has 1 N–H and O–H groups in total. The van der Waals surface area contributed by atoms with Crippen molar-refractivity contribution in [1.82, 2.24) is 19.8 Å². The van der Waals surface area contributed by atoms with Crippen LogP contribution in [0, 0.1) is 13.8 Å². The highest BCUT2D eigenvalue weighted by Crippen LogP contribution is 2.21. The summed E-state index contributed by atoms with van der Waals surface area (Å²) in [4.78, 5) is 12.3. The standard InChI is InChI=1S/C21H19N5OS/c1-14-7-9-16(10-8-14)21-24-23-18-11-12-20(25-26(18)21)28-13-19(27)22-17-6-4-3-5-15(17)2/h3-12H,13H2,1-2H3,(H,22,27). The molecule has 0 fully saturated rings. The van der Waals surface area contributed by atoms with E-state index in [1.807, 2.05) is 74.5 Å². The van der Waals surface area contributed by atoms with Crippen LogP contribution in [0.1, 0.15) is 11.1 Å². The number of thioether (sulfide) groups is 1. The molecule has 0 saturated carbocycles. The number of carbonyl (C=O) groups excluding carboxylic acids is 1. The van der Waals surface area contributed by atoms with E-state index in [9.17, 15) is 4.79 Å². The molecule has 0 aliphatic heterocycles. The van der Waals surface area contributed by atoms with Gasteiger partial charge in [0.1, 0.15) is 5.03 Å². The van der Waals surface area contributed by atoms with Gasteiger partial charge in [-0.15, -0.1) is 10.2 Å². The number of aryl methyl sites for hydroxylation is 2. The van der Waals surface area contributed by atoms with Crippen molar-refractivity contribution in [3.05, 3.63) is 71.8 Å². The lowest BCUT2D eigenvalue weighted by atomic mass is 10.1. The zero-order chi connectivity index (χ0) is 19.5. The van der Waals surface area contributed by atoms with Gasteiger partial charge in [-0.25, -0.2) is 0 Å². The summed E-state index contributed by atoms with van der Waals surface area (Å²) in [7, 11) is 0. The van der Waals surface area contributed by atoms with E-state index in [4.69, 9.17) is 0 Å². The van der Waals surface area contributed by atoms with E-state index in [0.717, 1.165) is 21.8 Å². The molecule has 0 aliphatic carbocycles. The van der Waals surface area contributed by atoms with Crippen molar-refractivity contribution in [2.24, 2.45) is 0 Å². The van der Waals surface area contributed by atoms with Gasteiger partial charge in [0.15, 0.2) is 11.5 Å². The van der Waals surface area contributed by atoms with Gasteiger partial charge in [0.25, 0.3) is 0 Å². The van der Waals surface area contributed by atoms with E-state index in [1.54, 1.807) is 4.52 Å². The Morgan fingerprint density at radius 2 is 1.79 bits per heavy atom. The second kappa shape index (κ2) is 7.82. The Morgan fingerprint density at radius 1 is 1.00 bits per heavy atom. The molecule has 4 rings (SSSR count). The molecule has 6 nitrogen and oxygen atoms in total. The lowest BCUT2D eigenvalue weighted by Gasteiger charge is -2.08. The molecule has 2 heterocycles. The van der Waals surface area contributed by atoms with Gasteiger partial charge in [-0.05, 0) is 37.6 Å². The SMILES string of the molecule is Cc1ccc(-c2nnc3ccc(SCC(=O)Nc4ccccc4C)nn23)cc1. The van der Waals surface area contributed by atoms with Gasteiger partial charge in [0.05, 0.1) is 5.75 Å². The number of nitrogens with zero attached hydrogens (tertiary/aromatic N) is 4. The number of benzene rings is 2. The molecular formula is C21H19N5OS. The third-order valence-electron chi connectivity index (χ3n) is 4.32. The largest absolute Gasteiger partial charge is 0.325 e. The fraction of sp³-hybridized carbons (Fsp3) is 0.143. The first-order valence-electron chi connectivity index (χ1n) is 8.88. The lowest BCUT2D eigenvalue weighted by Crippen LogP contribution is -2.15. The molecule has 4 aromatic rings. The molecule has 0 unspecified atom stereocenters. The van der Waals surface area contributed by atoms with Gasteiger partial charge >= 0.3 is 0 Å². The van der Waals surface area contributed by atoms with E-state index in [0.29, 0.717) is 11.5 Å². The Labute approximate surface area is 167 Å². The first kappa shape index (κ1) is 18.2. The van der Waals surface area contributed by atoms with Crippen molar-refractivity contribution in [1.29, 1.82) is 0 Å². The minimum absolute atomic E-state index is 0.0660. The maximum Gasteiger partial charge on any atom is 0.234 e. The Hall–Kier alpha value is -3.19. The summed E-state index contributed by atoms with van der Waals surface area (Å²) >= 11 is 1.38. The quantitative estimate of drug-likeness (QED) is 0.520. The fourth-order valence-corrected chi connectivity index (χ4v) is 3.43. The number of hydrogen-bond donors (Lipinski definition) is 1. The van der Waals surface area contributed by atoms with Crippen LogP contribution in [-0.4, -0.2) is 31.5 Å². The van der Waals surface area contributed by atoms with Crippen molar-refractivity contribution >= 4 is 29.0 Å². The number of carbonyl (C=O) groups is 1. The van der Waals surface area contributed by atoms with Crippen molar-refractivity contribution in [2.75, 3.05) is 11.1 Å². The first-order chi connectivity index (χ1) is 13.6. The van der Waals surface area contributed by atoms with E-state index >= 15 is 0 Å². The third-order valence-corrected chi connectivity index (χ3v) is 5.24. The predicted octanol–water partition coefficient (Wildman–Crippen LogP) is 4.14. The summed E-state index contributed by atoms with van der Waals surface area (Å²) in [5.41, 5.74) is 4.67. The molecule has 0 saturated heterocycles. The zero-order valence-corrected chi connectivity index (χ0v) is 16.4. The summed E-state index contributed by atoms with van der Waals surface area (Å²) in [5, 5.41) is 16.7. The summed E-state index contributed by atoms with van der Waals surface area (Å²) in [6, 6.07) is 19.5. The number of fused-ring (bicyclic) bond motifs is 1.